The van der Waals surface area contributed by atoms with Crippen LogP contribution in [0.3, 0.4) is 0 Å². The van der Waals surface area contributed by atoms with E-state index in [0.29, 0.717) is 0 Å². The van der Waals surface area contributed by atoms with Gasteiger partial charge in [-0.05, 0) is 6.92 Å². The Morgan fingerprint density at radius 3 is 3.30 bits per heavy atom. The van der Waals surface area contributed by atoms with Gasteiger partial charge in [-0.3, -0.25) is 0 Å². The fourth-order valence-corrected chi connectivity index (χ4v) is 1.60. The van der Waals surface area contributed by atoms with E-state index in [0.717, 1.165) is 9.84 Å². The molecule has 5 heteroatoms. The highest BCUT2D eigenvalue weighted by molar-refractivity contribution is 7.16. The van der Waals surface area contributed by atoms with Gasteiger partial charge in [-0.2, -0.15) is 4.98 Å². The first kappa shape index (κ1) is 5.67. The molecule has 2 aromatic heterocycles. The van der Waals surface area contributed by atoms with Gasteiger partial charge in [0.25, 0.3) is 0 Å². The van der Waals surface area contributed by atoms with Crippen LogP contribution in [0.2, 0.25) is 0 Å². The number of nitrogens with one attached hydrogen (secondary N) is 1. The van der Waals surface area contributed by atoms with E-state index < -0.39 is 0 Å². The molecule has 0 aliphatic rings. The second-order valence-corrected chi connectivity index (χ2v) is 3.24. The monoisotopic (exact) mass is 155 g/mol. The van der Waals surface area contributed by atoms with Crippen LogP contribution < -0.4 is 5.69 Å². The van der Waals surface area contributed by atoms with Crippen molar-refractivity contribution >= 4 is 16.3 Å². The number of aromatic nitrogens is 3. The average Bonchev–Trinajstić information content (AvgIpc) is 2.21. The van der Waals surface area contributed by atoms with Crippen LogP contribution in [0.5, 0.6) is 0 Å². The Balaban J connectivity index is 2.95. The third kappa shape index (κ3) is 0.672. The van der Waals surface area contributed by atoms with E-state index in [9.17, 15) is 4.79 Å². The standard InChI is InChI=1S/C5H5N3OS/c1-3-2-8-5(10-3)6-4(9)7-8/h2H,1H3,(H,7,9). The molecule has 0 atom stereocenters. The lowest BCUT2D eigenvalue weighted by Crippen LogP contribution is -2.01. The number of H-pyrrole nitrogens is 1. The van der Waals surface area contributed by atoms with Gasteiger partial charge in [-0.25, -0.2) is 14.4 Å². The van der Waals surface area contributed by atoms with Crippen molar-refractivity contribution in [2.75, 3.05) is 0 Å². The predicted octanol–water partition coefficient (Wildman–Crippen LogP) is 0.393. The van der Waals surface area contributed by atoms with Crippen molar-refractivity contribution in [3.05, 3.63) is 21.6 Å². The SMILES string of the molecule is Cc1cn2[nH]c(=O)nc2s1. The molecule has 1 N–H and O–H groups in total. The predicted molar refractivity (Wildman–Crippen MR) is 38.4 cm³/mol. The first-order valence-corrected chi connectivity index (χ1v) is 3.62. The zero-order valence-electron chi connectivity index (χ0n) is 5.29. The fourth-order valence-electron chi connectivity index (χ4n) is 0.828. The minimum atomic E-state index is -0.286. The topological polar surface area (TPSA) is 50.2 Å². The molecule has 0 saturated heterocycles. The Morgan fingerprint density at radius 1 is 1.80 bits per heavy atom. The minimum absolute atomic E-state index is 0.286. The molecule has 0 aromatic carbocycles. The maximum atomic E-state index is 10.6. The number of hydrogen-bond acceptors (Lipinski definition) is 3. The van der Waals surface area contributed by atoms with E-state index in [1.165, 1.54) is 11.3 Å². The van der Waals surface area contributed by atoms with Crippen molar-refractivity contribution in [1.29, 1.82) is 0 Å². The summed E-state index contributed by atoms with van der Waals surface area (Å²) in [5, 5.41) is 2.54. The van der Waals surface area contributed by atoms with Gasteiger partial charge in [-0.1, -0.05) is 0 Å². The highest BCUT2D eigenvalue weighted by atomic mass is 32.1. The van der Waals surface area contributed by atoms with Crippen LogP contribution in [0.15, 0.2) is 11.0 Å². The molecule has 0 amide bonds. The number of hydrogen-bond donors (Lipinski definition) is 1. The molecule has 10 heavy (non-hydrogen) atoms. The van der Waals surface area contributed by atoms with Crippen molar-refractivity contribution in [3.8, 4) is 0 Å². The maximum Gasteiger partial charge on any atom is 0.362 e. The third-order valence-electron chi connectivity index (χ3n) is 1.18. The quantitative estimate of drug-likeness (QED) is 0.598. The van der Waals surface area contributed by atoms with Crippen LogP contribution in [0.4, 0.5) is 0 Å². The van der Waals surface area contributed by atoms with E-state index in [4.69, 9.17) is 0 Å². The van der Waals surface area contributed by atoms with E-state index in [1.54, 1.807) is 4.52 Å². The van der Waals surface area contributed by atoms with Crippen molar-refractivity contribution in [3.63, 3.8) is 0 Å². The number of nitrogens with zero attached hydrogens (tertiary/aromatic N) is 2. The Hall–Kier alpha value is -1.10. The summed E-state index contributed by atoms with van der Waals surface area (Å²) in [5.41, 5.74) is -0.286. The summed E-state index contributed by atoms with van der Waals surface area (Å²) in [6, 6.07) is 0. The van der Waals surface area contributed by atoms with Gasteiger partial charge in [-0.15, -0.1) is 11.3 Å². The van der Waals surface area contributed by atoms with Gasteiger partial charge >= 0.3 is 5.69 Å². The molecule has 0 fully saturated rings. The molecule has 0 aliphatic carbocycles. The Morgan fingerprint density at radius 2 is 2.60 bits per heavy atom. The second-order valence-electron chi connectivity index (χ2n) is 2.02. The molecule has 2 aromatic rings. The summed E-state index contributed by atoms with van der Waals surface area (Å²) in [7, 11) is 0. The van der Waals surface area contributed by atoms with Crippen LogP contribution in [0.1, 0.15) is 4.88 Å². The van der Waals surface area contributed by atoms with E-state index >= 15 is 0 Å². The number of rotatable bonds is 0. The molecule has 2 heterocycles. The summed E-state index contributed by atoms with van der Waals surface area (Å²) in [4.78, 5) is 16.1. The van der Waals surface area contributed by atoms with Gasteiger partial charge in [0, 0.05) is 11.1 Å². The summed E-state index contributed by atoms with van der Waals surface area (Å²) >= 11 is 1.49. The lowest BCUT2D eigenvalue weighted by atomic mass is 10.7. The van der Waals surface area contributed by atoms with E-state index in [-0.39, 0.29) is 5.69 Å². The molecule has 0 saturated carbocycles. The van der Waals surface area contributed by atoms with Gasteiger partial charge in [0.15, 0.2) is 0 Å². The molecular formula is C5H5N3OS. The van der Waals surface area contributed by atoms with Crippen LogP contribution in [-0.2, 0) is 0 Å². The molecule has 2 rings (SSSR count). The van der Waals surface area contributed by atoms with Crippen LogP contribution in [0.25, 0.3) is 4.96 Å². The highest BCUT2D eigenvalue weighted by Gasteiger charge is 1.99. The fraction of sp³-hybridized carbons (Fsp3) is 0.200. The molecule has 0 bridgehead atoms. The lowest BCUT2D eigenvalue weighted by molar-refractivity contribution is 0.942. The molecule has 52 valence electrons. The normalized spacial score (nSPS) is 10.9. The van der Waals surface area contributed by atoms with Crippen LogP contribution >= 0.6 is 11.3 Å². The molecular weight excluding hydrogens is 150 g/mol. The Kier molecular flexibility index (Phi) is 0.960. The molecule has 0 unspecified atom stereocenters. The smallest absolute Gasteiger partial charge is 0.244 e. The third-order valence-corrected chi connectivity index (χ3v) is 2.08. The molecule has 4 nitrogen and oxygen atoms in total. The van der Waals surface area contributed by atoms with Crippen LogP contribution in [-0.4, -0.2) is 14.6 Å². The average molecular weight is 155 g/mol. The van der Waals surface area contributed by atoms with Crippen molar-refractivity contribution in [2.24, 2.45) is 0 Å². The van der Waals surface area contributed by atoms with Crippen molar-refractivity contribution in [1.82, 2.24) is 14.6 Å². The molecule has 0 aliphatic heterocycles. The largest absolute Gasteiger partial charge is 0.362 e. The minimum Gasteiger partial charge on any atom is -0.244 e. The second kappa shape index (κ2) is 1.69. The number of thiazole rings is 1. The van der Waals surface area contributed by atoms with Crippen molar-refractivity contribution < 1.29 is 0 Å². The van der Waals surface area contributed by atoms with Gasteiger partial charge in [0.1, 0.15) is 0 Å². The Bertz CT molecular complexity index is 375. The summed E-state index contributed by atoms with van der Waals surface area (Å²) in [5.74, 6) is 0. The summed E-state index contributed by atoms with van der Waals surface area (Å²) in [6.07, 6.45) is 1.84. The maximum absolute atomic E-state index is 10.6. The van der Waals surface area contributed by atoms with Crippen molar-refractivity contribution in [2.45, 2.75) is 6.92 Å². The summed E-state index contributed by atoms with van der Waals surface area (Å²) < 4.78 is 1.63. The summed E-state index contributed by atoms with van der Waals surface area (Å²) in [6.45, 7) is 1.97. The van der Waals surface area contributed by atoms with Gasteiger partial charge < -0.3 is 0 Å². The molecule has 0 radical (unpaired) electrons. The molecule has 0 spiro atoms. The van der Waals surface area contributed by atoms with E-state index in [2.05, 4.69) is 10.1 Å². The number of fused-ring (bicyclic) bond motifs is 1. The van der Waals surface area contributed by atoms with Gasteiger partial charge in [0.05, 0.1) is 0 Å². The zero-order chi connectivity index (χ0) is 7.14. The van der Waals surface area contributed by atoms with E-state index in [1.807, 2.05) is 13.1 Å². The first-order valence-electron chi connectivity index (χ1n) is 2.80. The number of aromatic amines is 1. The van der Waals surface area contributed by atoms with Gasteiger partial charge in [0.2, 0.25) is 4.96 Å². The lowest BCUT2D eigenvalue weighted by Gasteiger charge is -1.73. The Labute approximate surface area is 60.1 Å². The first-order chi connectivity index (χ1) is 4.75. The highest BCUT2D eigenvalue weighted by Crippen LogP contribution is 2.10. The number of aryl methyl sites for hydroxylation is 1. The van der Waals surface area contributed by atoms with Crippen LogP contribution in [0, 0.1) is 6.92 Å². The zero-order valence-corrected chi connectivity index (χ0v) is 6.10.